The van der Waals surface area contributed by atoms with Crippen molar-refractivity contribution in [2.45, 2.75) is 25.4 Å². The van der Waals surface area contributed by atoms with Gasteiger partial charge in [0.2, 0.25) is 11.7 Å². The molecule has 0 aliphatic carbocycles. The van der Waals surface area contributed by atoms with Crippen LogP contribution < -0.4 is 9.64 Å². The van der Waals surface area contributed by atoms with Crippen LogP contribution in [0.4, 0.5) is 5.69 Å². The van der Waals surface area contributed by atoms with Crippen LogP contribution >= 0.6 is 11.6 Å². The van der Waals surface area contributed by atoms with Gasteiger partial charge in [0.1, 0.15) is 37.7 Å². The van der Waals surface area contributed by atoms with Crippen LogP contribution in [0.15, 0.2) is 61.2 Å². The monoisotopic (exact) mass is 497 g/mol. The summed E-state index contributed by atoms with van der Waals surface area (Å²) in [6.45, 7) is 5.86. The smallest absolute Gasteiger partial charge is 0.219 e. The van der Waals surface area contributed by atoms with Gasteiger partial charge in [-0.2, -0.15) is 5.10 Å². The first kappa shape index (κ1) is 23.6. The van der Waals surface area contributed by atoms with Crippen LogP contribution in [0, 0.1) is 0 Å². The molecule has 0 radical (unpaired) electrons. The molecule has 1 aromatic heterocycles. The summed E-state index contributed by atoms with van der Waals surface area (Å²) in [5.74, 6) is -0.106. The van der Waals surface area contributed by atoms with Gasteiger partial charge in [-0.15, -0.1) is 0 Å². The van der Waals surface area contributed by atoms with Crippen LogP contribution in [0.2, 0.25) is 5.02 Å². The van der Waals surface area contributed by atoms with Gasteiger partial charge in [0.25, 0.3) is 0 Å². The van der Waals surface area contributed by atoms with E-state index in [4.69, 9.17) is 25.8 Å². The number of rotatable bonds is 7. The lowest BCUT2D eigenvalue weighted by Crippen LogP contribution is -2.48. The summed E-state index contributed by atoms with van der Waals surface area (Å²) >= 11 is 6.08. The summed E-state index contributed by atoms with van der Waals surface area (Å²) < 4.78 is 20.3. The number of benzene rings is 2. The average molecular weight is 498 g/mol. The Bertz CT molecular complexity index is 1120. The molecule has 2 aromatic carbocycles. The minimum Gasteiger partial charge on any atom is -0.491 e. The molecule has 2 aliphatic rings. The SMILES string of the molecule is CC(=O)N1CCN(c2ccc(OCC3COC(Cn4cncn4)(c4ccc(Cl)cc4)O3)cc2)CC1. The average Bonchev–Trinajstić information content (AvgIpc) is 3.54. The number of amides is 1. The normalized spacial score (nSPS) is 22.4. The Labute approximate surface area is 209 Å². The molecule has 2 aliphatic heterocycles. The maximum Gasteiger partial charge on any atom is 0.219 e. The van der Waals surface area contributed by atoms with Crippen molar-refractivity contribution in [1.29, 1.82) is 0 Å². The molecule has 2 unspecified atom stereocenters. The fraction of sp³-hybridized carbons (Fsp3) is 0.400. The second kappa shape index (κ2) is 10.2. The van der Waals surface area contributed by atoms with Gasteiger partial charge in [0.05, 0.1) is 6.61 Å². The Balaban J connectivity index is 1.19. The van der Waals surface area contributed by atoms with E-state index in [1.54, 1.807) is 17.9 Å². The lowest BCUT2D eigenvalue weighted by molar-refractivity contribution is -0.190. The Kier molecular flexibility index (Phi) is 6.90. The topological polar surface area (TPSA) is 82.0 Å². The third-order valence-corrected chi connectivity index (χ3v) is 6.59. The number of anilines is 1. The Hall–Kier alpha value is -3.14. The maximum absolute atomic E-state index is 11.5. The Morgan fingerprint density at radius 1 is 1.11 bits per heavy atom. The van der Waals surface area contributed by atoms with Crippen molar-refractivity contribution in [3.63, 3.8) is 0 Å². The van der Waals surface area contributed by atoms with E-state index in [9.17, 15) is 4.79 Å². The van der Waals surface area contributed by atoms with Gasteiger partial charge in [-0.3, -0.25) is 4.79 Å². The molecule has 0 spiro atoms. The number of carbonyl (C=O) groups is 1. The Morgan fingerprint density at radius 2 is 1.86 bits per heavy atom. The lowest BCUT2D eigenvalue weighted by Gasteiger charge is -2.35. The number of nitrogens with zero attached hydrogens (tertiary/aromatic N) is 5. The molecule has 35 heavy (non-hydrogen) atoms. The van der Waals surface area contributed by atoms with Gasteiger partial charge in [-0.05, 0) is 36.4 Å². The molecule has 3 heterocycles. The first-order valence-electron chi connectivity index (χ1n) is 11.6. The highest BCUT2D eigenvalue weighted by atomic mass is 35.5. The summed E-state index contributed by atoms with van der Waals surface area (Å²) in [6, 6.07) is 15.5. The van der Waals surface area contributed by atoms with Crippen LogP contribution in [-0.4, -0.2) is 71.1 Å². The molecule has 1 amide bonds. The molecule has 2 fully saturated rings. The van der Waals surface area contributed by atoms with Gasteiger partial charge in [-0.25, -0.2) is 9.67 Å². The van der Waals surface area contributed by atoms with E-state index < -0.39 is 5.79 Å². The lowest BCUT2D eigenvalue weighted by atomic mass is 10.1. The van der Waals surface area contributed by atoms with Gasteiger partial charge in [-0.1, -0.05) is 23.7 Å². The van der Waals surface area contributed by atoms with Crippen LogP contribution in [0.5, 0.6) is 5.75 Å². The van der Waals surface area contributed by atoms with Crippen molar-refractivity contribution in [2.75, 3.05) is 44.3 Å². The van der Waals surface area contributed by atoms with Crippen molar-refractivity contribution >= 4 is 23.2 Å². The second-order valence-electron chi connectivity index (χ2n) is 8.70. The number of hydrogen-bond donors (Lipinski definition) is 0. The standard InChI is InChI=1S/C25H28ClN5O4/c1-19(32)29-10-12-30(13-11-29)22-6-8-23(9-7-22)33-14-24-15-34-25(35-24,16-31-18-27-17-28-31)20-2-4-21(26)5-3-20/h2-9,17-18,24H,10-16H2,1H3. The van der Waals surface area contributed by atoms with Crippen LogP contribution in [0.3, 0.4) is 0 Å². The minimum absolute atomic E-state index is 0.132. The molecular weight excluding hydrogens is 470 g/mol. The third-order valence-electron chi connectivity index (χ3n) is 6.34. The number of halogens is 1. The van der Waals surface area contributed by atoms with E-state index in [-0.39, 0.29) is 12.0 Å². The molecule has 3 aromatic rings. The molecule has 10 heteroatoms. The zero-order valence-corrected chi connectivity index (χ0v) is 20.3. The van der Waals surface area contributed by atoms with Gasteiger partial charge >= 0.3 is 0 Å². The quantitative estimate of drug-likeness (QED) is 0.496. The zero-order valence-electron chi connectivity index (χ0n) is 19.5. The number of ether oxygens (including phenoxy) is 3. The summed E-state index contributed by atoms with van der Waals surface area (Å²) in [6.07, 6.45) is 2.86. The van der Waals surface area contributed by atoms with E-state index in [2.05, 4.69) is 15.0 Å². The van der Waals surface area contributed by atoms with Crippen LogP contribution in [-0.2, 0) is 26.6 Å². The minimum atomic E-state index is -1.00. The Morgan fingerprint density at radius 3 is 2.51 bits per heavy atom. The summed E-state index contributed by atoms with van der Waals surface area (Å²) in [5, 5.41) is 4.86. The summed E-state index contributed by atoms with van der Waals surface area (Å²) in [5.41, 5.74) is 1.98. The first-order chi connectivity index (χ1) is 17.0. The summed E-state index contributed by atoms with van der Waals surface area (Å²) in [7, 11) is 0. The molecule has 9 nitrogen and oxygen atoms in total. The van der Waals surface area contributed by atoms with Crippen molar-refractivity contribution in [2.24, 2.45) is 0 Å². The number of hydrogen-bond acceptors (Lipinski definition) is 7. The van der Waals surface area contributed by atoms with Gasteiger partial charge in [0, 0.05) is 49.4 Å². The first-order valence-corrected chi connectivity index (χ1v) is 12.0. The van der Waals surface area contributed by atoms with E-state index in [0.717, 1.165) is 43.2 Å². The predicted octanol–water partition coefficient (Wildman–Crippen LogP) is 2.95. The fourth-order valence-corrected chi connectivity index (χ4v) is 4.55. The molecular formula is C25H28ClN5O4. The zero-order chi connectivity index (χ0) is 24.3. The molecule has 0 N–H and O–H groups in total. The molecule has 0 bridgehead atoms. The van der Waals surface area contributed by atoms with Gasteiger partial charge < -0.3 is 24.0 Å². The van der Waals surface area contributed by atoms with Crippen LogP contribution in [0.25, 0.3) is 0 Å². The maximum atomic E-state index is 11.5. The second-order valence-corrected chi connectivity index (χ2v) is 9.14. The van der Waals surface area contributed by atoms with Crippen molar-refractivity contribution in [1.82, 2.24) is 19.7 Å². The third kappa shape index (κ3) is 5.42. The predicted molar refractivity (Wildman–Crippen MR) is 130 cm³/mol. The van der Waals surface area contributed by atoms with E-state index in [0.29, 0.717) is 24.8 Å². The highest BCUT2D eigenvalue weighted by Gasteiger charge is 2.44. The fourth-order valence-electron chi connectivity index (χ4n) is 4.43. The van der Waals surface area contributed by atoms with Gasteiger partial charge in [0.15, 0.2) is 0 Å². The molecule has 5 rings (SSSR count). The highest BCUT2D eigenvalue weighted by molar-refractivity contribution is 6.30. The van der Waals surface area contributed by atoms with Crippen LogP contribution in [0.1, 0.15) is 12.5 Å². The number of carbonyl (C=O) groups excluding carboxylic acids is 1. The molecule has 2 saturated heterocycles. The van der Waals surface area contributed by atoms with Crippen molar-refractivity contribution < 1.29 is 19.0 Å². The highest BCUT2D eigenvalue weighted by Crippen LogP contribution is 2.36. The van der Waals surface area contributed by atoms with E-state index in [1.165, 1.54) is 6.33 Å². The molecule has 184 valence electrons. The molecule has 0 saturated carbocycles. The van der Waals surface area contributed by atoms with Crippen molar-refractivity contribution in [3.05, 3.63) is 71.8 Å². The number of piperazine rings is 1. The van der Waals surface area contributed by atoms with Crippen molar-refractivity contribution in [3.8, 4) is 5.75 Å². The largest absolute Gasteiger partial charge is 0.491 e. The number of aromatic nitrogens is 3. The molecule has 2 atom stereocenters. The van der Waals surface area contributed by atoms with E-state index in [1.807, 2.05) is 53.4 Å². The summed E-state index contributed by atoms with van der Waals surface area (Å²) in [4.78, 5) is 19.7. The van der Waals surface area contributed by atoms with E-state index >= 15 is 0 Å².